The molecule has 0 bridgehead atoms. The molecule has 0 aliphatic carbocycles. The van der Waals surface area contributed by atoms with E-state index in [-0.39, 0.29) is 0 Å². The highest BCUT2D eigenvalue weighted by molar-refractivity contribution is 7.14. The molecule has 66 valence electrons. The van der Waals surface area contributed by atoms with Crippen molar-refractivity contribution in [1.29, 1.82) is 0 Å². The molecule has 13 heavy (non-hydrogen) atoms. The van der Waals surface area contributed by atoms with Crippen LogP contribution in [0, 0.1) is 0 Å². The van der Waals surface area contributed by atoms with Gasteiger partial charge >= 0.3 is 0 Å². The van der Waals surface area contributed by atoms with Gasteiger partial charge in [0.05, 0.1) is 5.00 Å². The van der Waals surface area contributed by atoms with Gasteiger partial charge in [-0.05, 0) is 29.3 Å². The smallest absolute Gasteiger partial charge is 0.0862 e. The van der Waals surface area contributed by atoms with Crippen LogP contribution in [-0.4, -0.2) is 0 Å². The molecule has 0 amide bonds. The first-order chi connectivity index (χ1) is 6.25. The van der Waals surface area contributed by atoms with Crippen LogP contribution in [0.1, 0.15) is 0 Å². The predicted molar refractivity (Wildman–Crippen MR) is 58.6 cm³/mol. The van der Waals surface area contributed by atoms with Crippen molar-refractivity contribution in [3.05, 3.63) is 35.7 Å². The Labute approximate surface area is 80.8 Å². The summed E-state index contributed by atoms with van der Waals surface area (Å²) in [6.07, 6.45) is 0. The number of thiophene rings is 1. The number of nitrogen functional groups attached to an aromatic ring is 2. The zero-order chi connectivity index (χ0) is 9.26. The minimum atomic E-state index is 0.780. The summed E-state index contributed by atoms with van der Waals surface area (Å²) >= 11 is 1.54. The molecule has 2 rings (SSSR count). The van der Waals surface area contributed by atoms with Crippen molar-refractivity contribution in [2.75, 3.05) is 11.5 Å². The summed E-state index contributed by atoms with van der Waals surface area (Å²) in [7, 11) is 0. The summed E-state index contributed by atoms with van der Waals surface area (Å²) in [5.41, 5.74) is 14.3. The fourth-order valence-corrected chi connectivity index (χ4v) is 1.88. The second kappa shape index (κ2) is 3.11. The molecule has 1 heterocycles. The van der Waals surface area contributed by atoms with Gasteiger partial charge in [0, 0.05) is 11.1 Å². The first kappa shape index (κ1) is 8.13. The van der Waals surface area contributed by atoms with E-state index in [4.69, 9.17) is 11.5 Å². The fraction of sp³-hybridized carbons (Fsp3) is 0. The Morgan fingerprint density at radius 3 is 2.46 bits per heavy atom. The van der Waals surface area contributed by atoms with E-state index in [1.54, 1.807) is 11.3 Å². The molecule has 0 radical (unpaired) electrons. The summed E-state index contributed by atoms with van der Waals surface area (Å²) in [4.78, 5) is 0. The standard InChI is InChI=1S/C10H10N2S/c11-9-3-1-2-7(4-9)8-5-10(12)13-6-8/h1-6H,11-12H2. The summed E-state index contributed by atoms with van der Waals surface area (Å²) < 4.78 is 0. The Morgan fingerprint density at radius 2 is 1.85 bits per heavy atom. The van der Waals surface area contributed by atoms with Crippen LogP contribution in [0.25, 0.3) is 11.1 Å². The summed E-state index contributed by atoms with van der Waals surface area (Å²) in [5.74, 6) is 0. The summed E-state index contributed by atoms with van der Waals surface area (Å²) in [5, 5.41) is 2.86. The maximum Gasteiger partial charge on any atom is 0.0862 e. The van der Waals surface area contributed by atoms with Crippen molar-refractivity contribution in [1.82, 2.24) is 0 Å². The predicted octanol–water partition coefficient (Wildman–Crippen LogP) is 2.58. The number of benzene rings is 1. The Bertz CT molecular complexity index is 420. The zero-order valence-electron chi connectivity index (χ0n) is 7.03. The van der Waals surface area contributed by atoms with Crippen molar-refractivity contribution in [3.8, 4) is 11.1 Å². The third kappa shape index (κ3) is 1.65. The van der Waals surface area contributed by atoms with Gasteiger partial charge in [-0.3, -0.25) is 0 Å². The van der Waals surface area contributed by atoms with Gasteiger partial charge < -0.3 is 11.5 Å². The number of hydrogen-bond donors (Lipinski definition) is 2. The minimum absolute atomic E-state index is 0.780. The molecule has 1 aromatic carbocycles. The third-order valence-corrected chi connectivity index (χ3v) is 2.60. The van der Waals surface area contributed by atoms with Crippen molar-refractivity contribution in [2.24, 2.45) is 0 Å². The molecule has 0 fully saturated rings. The third-order valence-electron chi connectivity index (χ3n) is 1.84. The number of rotatable bonds is 1. The van der Waals surface area contributed by atoms with Gasteiger partial charge in [-0.25, -0.2) is 0 Å². The second-order valence-electron chi connectivity index (χ2n) is 2.86. The van der Waals surface area contributed by atoms with E-state index in [0.29, 0.717) is 0 Å². The van der Waals surface area contributed by atoms with E-state index in [9.17, 15) is 0 Å². The lowest BCUT2D eigenvalue weighted by Gasteiger charge is -1.98. The Morgan fingerprint density at radius 1 is 1.00 bits per heavy atom. The Balaban J connectivity index is 2.46. The molecule has 0 aliphatic heterocycles. The van der Waals surface area contributed by atoms with E-state index in [2.05, 4.69) is 0 Å². The molecule has 2 aromatic rings. The van der Waals surface area contributed by atoms with Gasteiger partial charge in [0.1, 0.15) is 0 Å². The molecule has 1 aromatic heterocycles. The van der Waals surface area contributed by atoms with E-state index in [1.807, 2.05) is 35.7 Å². The molecule has 3 heteroatoms. The van der Waals surface area contributed by atoms with Crippen molar-refractivity contribution in [3.63, 3.8) is 0 Å². The fourth-order valence-electron chi connectivity index (χ4n) is 1.22. The van der Waals surface area contributed by atoms with Gasteiger partial charge in [0.2, 0.25) is 0 Å². The highest BCUT2D eigenvalue weighted by atomic mass is 32.1. The average Bonchev–Trinajstić information content (AvgIpc) is 2.52. The molecule has 0 saturated heterocycles. The summed E-state index contributed by atoms with van der Waals surface area (Å²) in [6, 6.07) is 9.75. The SMILES string of the molecule is Nc1cccc(-c2csc(N)c2)c1. The average molecular weight is 190 g/mol. The first-order valence-electron chi connectivity index (χ1n) is 3.95. The van der Waals surface area contributed by atoms with Gasteiger partial charge in [-0.1, -0.05) is 12.1 Å². The number of nitrogens with two attached hydrogens (primary N) is 2. The molecule has 0 spiro atoms. The van der Waals surface area contributed by atoms with E-state index < -0.39 is 0 Å². The normalized spacial score (nSPS) is 10.2. The topological polar surface area (TPSA) is 52.0 Å². The van der Waals surface area contributed by atoms with Gasteiger partial charge in [-0.2, -0.15) is 0 Å². The van der Waals surface area contributed by atoms with Crippen LogP contribution in [0.4, 0.5) is 10.7 Å². The lowest BCUT2D eigenvalue weighted by molar-refractivity contribution is 1.66. The molecule has 0 saturated carbocycles. The monoisotopic (exact) mass is 190 g/mol. The largest absolute Gasteiger partial charge is 0.399 e. The van der Waals surface area contributed by atoms with Crippen LogP contribution in [0.3, 0.4) is 0 Å². The van der Waals surface area contributed by atoms with Gasteiger partial charge in [-0.15, -0.1) is 11.3 Å². The summed E-state index contributed by atoms with van der Waals surface area (Å²) in [6.45, 7) is 0. The second-order valence-corrected chi connectivity index (χ2v) is 3.81. The lowest BCUT2D eigenvalue weighted by Crippen LogP contribution is -1.83. The quantitative estimate of drug-likeness (QED) is 0.679. The first-order valence-corrected chi connectivity index (χ1v) is 4.83. The number of hydrogen-bond acceptors (Lipinski definition) is 3. The van der Waals surface area contributed by atoms with Crippen LogP contribution in [0.2, 0.25) is 0 Å². The Hall–Kier alpha value is -1.48. The maximum absolute atomic E-state index is 5.67. The lowest BCUT2D eigenvalue weighted by atomic mass is 10.1. The van der Waals surface area contributed by atoms with Crippen LogP contribution >= 0.6 is 11.3 Å². The molecular weight excluding hydrogens is 180 g/mol. The molecule has 0 aliphatic rings. The molecular formula is C10H10N2S. The van der Waals surface area contributed by atoms with Crippen molar-refractivity contribution < 1.29 is 0 Å². The highest BCUT2D eigenvalue weighted by Crippen LogP contribution is 2.27. The van der Waals surface area contributed by atoms with E-state index >= 15 is 0 Å². The zero-order valence-corrected chi connectivity index (χ0v) is 7.84. The van der Waals surface area contributed by atoms with Crippen LogP contribution in [-0.2, 0) is 0 Å². The Kier molecular flexibility index (Phi) is 1.94. The van der Waals surface area contributed by atoms with Crippen LogP contribution in [0.15, 0.2) is 35.7 Å². The molecule has 0 atom stereocenters. The van der Waals surface area contributed by atoms with Gasteiger partial charge in [0.15, 0.2) is 0 Å². The molecule has 2 nitrogen and oxygen atoms in total. The van der Waals surface area contributed by atoms with Crippen molar-refractivity contribution in [2.45, 2.75) is 0 Å². The van der Waals surface area contributed by atoms with Crippen LogP contribution < -0.4 is 11.5 Å². The van der Waals surface area contributed by atoms with Crippen LogP contribution in [0.5, 0.6) is 0 Å². The number of anilines is 2. The van der Waals surface area contributed by atoms with E-state index in [1.165, 1.54) is 0 Å². The minimum Gasteiger partial charge on any atom is -0.399 e. The molecule has 0 unspecified atom stereocenters. The molecule has 4 N–H and O–H groups in total. The maximum atomic E-state index is 5.67. The van der Waals surface area contributed by atoms with Crippen molar-refractivity contribution >= 4 is 22.0 Å². The van der Waals surface area contributed by atoms with E-state index in [0.717, 1.165) is 21.8 Å². The highest BCUT2D eigenvalue weighted by Gasteiger charge is 1.99. The van der Waals surface area contributed by atoms with Gasteiger partial charge in [0.25, 0.3) is 0 Å².